The van der Waals surface area contributed by atoms with Gasteiger partial charge >= 0.3 is 0 Å². The Labute approximate surface area is 135 Å². The molecular formula is C18H21N3O2. The van der Waals surface area contributed by atoms with Gasteiger partial charge in [0.25, 0.3) is 5.91 Å². The largest absolute Gasteiger partial charge is 0.507 e. The third-order valence-electron chi connectivity index (χ3n) is 4.26. The van der Waals surface area contributed by atoms with Gasteiger partial charge in [0.2, 0.25) is 0 Å². The first-order chi connectivity index (χ1) is 11.2. The SMILES string of the molecule is O=C(N/N=C/c1ccn(C2CCCCC2)c1)c1ccccc1O. The Hall–Kier alpha value is -2.56. The molecule has 0 unspecified atom stereocenters. The fourth-order valence-electron chi connectivity index (χ4n) is 3.00. The van der Waals surface area contributed by atoms with Crippen LogP contribution in [-0.2, 0) is 0 Å². The maximum absolute atomic E-state index is 11.9. The number of aromatic hydroxyl groups is 1. The molecule has 0 aliphatic heterocycles. The second-order valence-corrected chi connectivity index (χ2v) is 5.90. The van der Waals surface area contributed by atoms with E-state index < -0.39 is 5.91 Å². The lowest BCUT2D eigenvalue weighted by atomic mass is 9.95. The molecule has 1 fully saturated rings. The lowest BCUT2D eigenvalue weighted by molar-refractivity contribution is 0.0952. The van der Waals surface area contributed by atoms with Crippen molar-refractivity contribution in [2.45, 2.75) is 38.1 Å². The van der Waals surface area contributed by atoms with E-state index in [9.17, 15) is 9.90 Å². The second-order valence-electron chi connectivity index (χ2n) is 5.90. The van der Waals surface area contributed by atoms with Gasteiger partial charge in [-0.3, -0.25) is 4.79 Å². The van der Waals surface area contributed by atoms with E-state index in [2.05, 4.69) is 27.5 Å². The number of carbonyl (C=O) groups excluding carboxylic acids is 1. The van der Waals surface area contributed by atoms with E-state index >= 15 is 0 Å². The van der Waals surface area contributed by atoms with E-state index in [4.69, 9.17) is 0 Å². The van der Waals surface area contributed by atoms with E-state index in [1.807, 2.05) is 6.07 Å². The Morgan fingerprint density at radius 3 is 2.78 bits per heavy atom. The van der Waals surface area contributed by atoms with Crippen molar-refractivity contribution >= 4 is 12.1 Å². The highest BCUT2D eigenvalue weighted by Crippen LogP contribution is 2.28. The standard InChI is InChI=1S/C18H21N3O2/c22-17-9-5-4-8-16(17)18(23)20-19-12-14-10-11-21(13-14)15-6-2-1-3-7-15/h4-5,8-13,15,22H,1-3,6-7H2,(H,20,23)/b19-12+. The number of rotatable bonds is 4. The molecule has 1 aromatic heterocycles. The van der Waals surface area contributed by atoms with E-state index in [0.29, 0.717) is 6.04 Å². The van der Waals surface area contributed by atoms with Crippen molar-refractivity contribution < 1.29 is 9.90 Å². The van der Waals surface area contributed by atoms with Crippen molar-refractivity contribution in [2.75, 3.05) is 0 Å². The third kappa shape index (κ3) is 3.80. The van der Waals surface area contributed by atoms with Crippen LogP contribution in [0.3, 0.4) is 0 Å². The summed E-state index contributed by atoms with van der Waals surface area (Å²) in [6.45, 7) is 0. The van der Waals surface area contributed by atoms with Crippen molar-refractivity contribution in [3.63, 3.8) is 0 Å². The predicted octanol–water partition coefficient (Wildman–Crippen LogP) is 3.46. The van der Waals surface area contributed by atoms with Crippen LogP contribution in [0.5, 0.6) is 5.75 Å². The van der Waals surface area contributed by atoms with Gasteiger partial charge in [0.05, 0.1) is 11.8 Å². The first-order valence-corrected chi connectivity index (χ1v) is 8.03. The molecule has 1 saturated carbocycles. The molecule has 0 atom stereocenters. The summed E-state index contributed by atoms with van der Waals surface area (Å²) in [5.41, 5.74) is 3.60. The number of carbonyl (C=O) groups is 1. The smallest absolute Gasteiger partial charge is 0.275 e. The minimum atomic E-state index is -0.425. The molecule has 5 heteroatoms. The number of hydrogen-bond donors (Lipinski definition) is 2. The zero-order valence-electron chi connectivity index (χ0n) is 13.0. The molecule has 1 aromatic carbocycles. The van der Waals surface area contributed by atoms with Crippen molar-refractivity contribution in [3.8, 4) is 5.75 Å². The summed E-state index contributed by atoms with van der Waals surface area (Å²) in [6, 6.07) is 8.97. The summed E-state index contributed by atoms with van der Waals surface area (Å²) in [7, 11) is 0. The van der Waals surface area contributed by atoms with Crippen LogP contribution in [0.15, 0.2) is 47.8 Å². The molecule has 2 aromatic rings. The first kappa shape index (κ1) is 15.3. The summed E-state index contributed by atoms with van der Waals surface area (Å²) in [6.07, 6.45) is 12.1. The summed E-state index contributed by atoms with van der Waals surface area (Å²) in [5.74, 6) is -0.477. The molecule has 0 bridgehead atoms. The molecule has 1 aliphatic rings. The van der Waals surface area contributed by atoms with Crippen LogP contribution in [-0.4, -0.2) is 21.8 Å². The zero-order valence-corrected chi connectivity index (χ0v) is 13.0. The molecule has 3 rings (SSSR count). The van der Waals surface area contributed by atoms with Crippen LogP contribution in [0.1, 0.15) is 54.1 Å². The average molecular weight is 311 g/mol. The Morgan fingerprint density at radius 2 is 2.00 bits per heavy atom. The maximum Gasteiger partial charge on any atom is 0.275 e. The molecule has 0 saturated heterocycles. The number of phenolic OH excluding ortho intramolecular Hbond substituents is 1. The first-order valence-electron chi connectivity index (χ1n) is 8.03. The number of nitrogens with zero attached hydrogens (tertiary/aromatic N) is 2. The monoisotopic (exact) mass is 311 g/mol. The lowest BCUT2D eigenvalue weighted by Gasteiger charge is -2.23. The number of phenols is 1. The number of aromatic nitrogens is 1. The van der Waals surface area contributed by atoms with Crippen LogP contribution in [0.25, 0.3) is 0 Å². The number of para-hydroxylation sites is 1. The van der Waals surface area contributed by atoms with Gasteiger partial charge in [-0.15, -0.1) is 0 Å². The summed E-state index contributed by atoms with van der Waals surface area (Å²) in [4.78, 5) is 11.9. The van der Waals surface area contributed by atoms with Crippen molar-refractivity contribution in [2.24, 2.45) is 5.10 Å². The minimum Gasteiger partial charge on any atom is -0.507 e. The number of hydrogen-bond acceptors (Lipinski definition) is 3. The normalized spacial score (nSPS) is 15.8. The fraction of sp³-hybridized carbons (Fsp3) is 0.333. The lowest BCUT2D eigenvalue weighted by Crippen LogP contribution is -2.17. The number of nitrogens with one attached hydrogen (secondary N) is 1. The van der Waals surface area contributed by atoms with Crippen molar-refractivity contribution in [1.29, 1.82) is 0 Å². The highest BCUT2D eigenvalue weighted by molar-refractivity contribution is 5.97. The summed E-state index contributed by atoms with van der Waals surface area (Å²) < 4.78 is 2.24. The third-order valence-corrected chi connectivity index (χ3v) is 4.26. The Morgan fingerprint density at radius 1 is 1.22 bits per heavy atom. The predicted molar refractivity (Wildman–Crippen MR) is 89.7 cm³/mol. The molecular weight excluding hydrogens is 290 g/mol. The molecule has 1 aliphatic carbocycles. The van der Waals surface area contributed by atoms with Crippen molar-refractivity contribution in [3.05, 3.63) is 53.9 Å². The van der Waals surface area contributed by atoms with E-state index in [0.717, 1.165) is 5.56 Å². The number of benzene rings is 1. The van der Waals surface area contributed by atoms with Crippen LogP contribution in [0.2, 0.25) is 0 Å². The fourth-order valence-corrected chi connectivity index (χ4v) is 3.00. The van der Waals surface area contributed by atoms with Gasteiger partial charge < -0.3 is 9.67 Å². The Kier molecular flexibility index (Phi) is 4.76. The number of amides is 1. The van der Waals surface area contributed by atoms with Gasteiger partial charge in [0.1, 0.15) is 5.75 Å². The Bertz CT molecular complexity index is 700. The van der Waals surface area contributed by atoms with E-state index in [1.165, 1.54) is 38.2 Å². The van der Waals surface area contributed by atoms with Crippen LogP contribution >= 0.6 is 0 Å². The van der Waals surface area contributed by atoms with Gasteiger partial charge in [0.15, 0.2) is 0 Å². The summed E-state index contributed by atoms with van der Waals surface area (Å²) in [5, 5.41) is 13.6. The molecule has 120 valence electrons. The van der Waals surface area contributed by atoms with Gasteiger partial charge in [-0.1, -0.05) is 31.4 Å². The van der Waals surface area contributed by atoms with Crippen molar-refractivity contribution in [1.82, 2.24) is 9.99 Å². The van der Waals surface area contributed by atoms with E-state index in [-0.39, 0.29) is 11.3 Å². The molecule has 0 radical (unpaired) electrons. The highest BCUT2D eigenvalue weighted by Gasteiger charge is 2.14. The van der Waals surface area contributed by atoms with Gasteiger partial charge in [-0.05, 0) is 31.0 Å². The molecule has 2 N–H and O–H groups in total. The zero-order chi connectivity index (χ0) is 16.1. The van der Waals surface area contributed by atoms with Gasteiger partial charge in [-0.2, -0.15) is 5.10 Å². The highest BCUT2D eigenvalue weighted by atomic mass is 16.3. The van der Waals surface area contributed by atoms with E-state index in [1.54, 1.807) is 24.4 Å². The average Bonchev–Trinajstić information content (AvgIpc) is 3.05. The van der Waals surface area contributed by atoms with Crippen LogP contribution in [0, 0.1) is 0 Å². The van der Waals surface area contributed by atoms with Gasteiger partial charge in [-0.25, -0.2) is 5.43 Å². The minimum absolute atomic E-state index is 0.0522. The maximum atomic E-state index is 11.9. The molecule has 0 spiro atoms. The van der Waals surface area contributed by atoms with Crippen LogP contribution in [0.4, 0.5) is 0 Å². The number of hydrazone groups is 1. The topological polar surface area (TPSA) is 66.6 Å². The molecule has 5 nitrogen and oxygen atoms in total. The Balaban J connectivity index is 1.59. The quantitative estimate of drug-likeness (QED) is 0.671. The molecule has 23 heavy (non-hydrogen) atoms. The van der Waals surface area contributed by atoms with Crippen LogP contribution < -0.4 is 5.43 Å². The second kappa shape index (κ2) is 7.13. The molecule has 1 amide bonds. The van der Waals surface area contributed by atoms with Gasteiger partial charge in [0, 0.05) is 24.0 Å². The summed E-state index contributed by atoms with van der Waals surface area (Å²) >= 11 is 0. The molecule has 1 heterocycles.